The van der Waals surface area contributed by atoms with E-state index in [1.807, 2.05) is 12.2 Å². The van der Waals surface area contributed by atoms with E-state index in [-0.39, 0.29) is 12.4 Å². The van der Waals surface area contributed by atoms with E-state index < -0.39 is 0 Å². The minimum absolute atomic E-state index is 0.275. The first-order chi connectivity index (χ1) is 6.77. The monoisotopic (exact) mass is 214 g/mol. The molecule has 3 heteroatoms. The van der Waals surface area contributed by atoms with Gasteiger partial charge in [-0.05, 0) is 24.1 Å². The zero-order valence-electron chi connectivity index (χ0n) is 7.71. The standard InChI is InChI=1S/C11H12ClFO/c12-6-2-1-3-9-4-5-11(13)10(7-9)8-14/h1,3-5,7,14H,2,6,8H2. The van der Waals surface area contributed by atoms with Crippen molar-refractivity contribution in [2.45, 2.75) is 13.0 Å². The summed E-state index contributed by atoms with van der Waals surface area (Å²) in [5.74, 6) is 0.201. The molecular formula is C11H12ClFO. The molecule has 0 fully saturated rings. The summed E-state index contributed by atoms with van der Waals surface area (Å²) in [6.07, 6.45) is 4.57. The highest BCUT2D eigenvalue weighted by Gasteiger charge is 1.99. The van der Waals surface area contributed by atoms with E-state index in [4.69, 9.17) is 16.7 Å². The molecule has 0 radical (unpaired) electrons. The molecule has 0 unspecified atom stereocenters. The second kappa shape index (κ2) is 5.78. The molecule has 0 saturated heterocycles. The summed E-state index contributed by atoms with van der Waals surface area (Å²) in [6.45, 7) is -0.275. The van der Waals surface area contributed by atoms with Crippen molar-refractivity contribution in [3.63, 3.8) is 0 Å². The Labute approximate surface area is 87.8 Å². The van der Waals surface area contributed by atoms with Crippen LogP contribution >= 0.6 is 11.6 Å². The van der Waals surface area contributed by atoms with Crippen LogP contribution in [0.2, 0.25) is 0 Å². The predicted molar refractivity (Wildman–Crippen MR) is 56.7 cm³/mol. The number of benzene rings is 1. The van der Waals surface area contributed by atoms with E-state index in [9.17, 15) is 4.39 Å². The van der Waals surface area contributed by atoms with Crippen molar-refractivity contribution in [3.05, 3.63) is 41.2 Å². The average Bonchev–Trinajstić information content (AvgIpc) is 2.21. The van der Waals surface area contributed by atoms with E-state index in [1.54, 1.807) is 12.1 Å². The number of aliphatic hydroxyl groups is 1. The van der Waals surface area contributed by atoms with Crippen LogP contribution in [0.5, 0.6) is 0 Å². The first kappa shape index (κ1) is 11.2. The number of rotatable bonds is 4. The van der Waals surface area contributed by atoms with Gasteiger partial charge in [0, 0.05) is 11.4 Å². The molecule has 0 aliphatic heterocycles. The summed E-state index contributed by atoms with van der Waals surface area (Å²) in [5.41, 5.74) is 1.19. The zero-order valence-corrected chi connectivity index (χ0v) is 8.47. The fourth-order valence-corrected chi connectivity index (χ4v) is 1.23. The van der Waals surface area contributed by atoms with E-state index in [1.165, 1.54) is 6.07 Å². The third-order valence-electron chi connectivity index (χ3n) is 1.83. The Kier molecular flexibility index (Phi) is 4.63. The Morgan fingerprint density at radius 3 is 2.86 bits per heavy atom. The molecule has 0 spiro atoms. The van der Waals surface area contributed by atoms with Gasteiger partial charge in [-0.1, -0.05) is 18.2 Å². The highest BCUT2D eigenvalue weighted by atomic mass is 35.5. The average molecular weight is 215 g/mol. The maximum atomic E-state index is 13.0. The number of allylic oxidation sites excluding steroid dienone is 1. The van der Waals surface area contributed by atoms with Gasteiger partial charge in [0.1, 0.15) is 5.82 Å². The van der Waals surface area contributed by atoms with Gasteiger partial charge in [0.05, 0.1) is 6.61 Å². The molecule has 1 aromatic carbocycles. The van der Waals surface area contributed by atoms with Crippen molar-refractivity contribution in [1.82, 2.24) is 0 Å². The molecule has 14 heavy (non-hydrogen) atoms. The van der Waals surface area contributed by atoms with Gasteiger partial charge >= 0.3 is 0 Å². The summed E-state index contributed by atoms with van der Waals surface area (Å²) < 4.78 is 13.0. The molecule has 1 nitrogen and oxygen atoms in total. The molecule has 1 N–H and O–H groups in total. The smallest absolute Gasteiger partial charge is 0.128 e. The number of halogens is 2. The quantitative estimate of drug-likeness (QED) is 0.765. The van der Waals surface area contributed by atoms with Crippen LogP contribution in [0, 0.1) is 5.82 Å². The fraction of sp³-hybridized carbons (Fsp3) is 0.273. The molecule has 1 aromatic rings. The third kappa shape index (κ3) is 3.13. The van der Waals surface area contributed by atoms with Crippen LogP contribution in [0.4, 0.5) is 4.39 Å². The summed E-state index contributed by atoms with van der Waals surface area (Å²) in [6, 6.07) is 4.64. The molecule has 0 aromatic heterocycles. The SMILES string of the molecule is OCc1cc(C=CCCCl)ccc1F. The Balaban J connectivity index is 2.79. The lowest BCUT2D eigenvalue weighted by atomic mass is 10.1. The van der Waals surface area contributed by atoms with Crippen LogP contribution in [0.25, 0.3) is 6.08 Å². The Hall–Kier alpha value is -0.860. The number of hydrogen-bond acceptors (Lipinski definition) is 1. The molecule has 1 rings (SSSR count). The van der Waals surface area contributed by atoms with Crippen molar-refractivity contribution in [2.24, 2.45) is 0 Å². The topological polar surface area (TPSA) is 20.2 Å². The van der Waals surface area contributed by atoms with E-state index >= 15 is 0 Å². The predicted octanol–water partition coefficient (Wildman–Crippen LogP) is 2.96. The van der Waals surface area contributed by atoms with E-state index in [0.29, 0.717) is 11.4 Å². The van der Waals surface area contributed by atoms with Gasteiger partial charge in [0.15, 0.2) is 0 Å². The lowest BCUT2D eigenvalue weighted by Crippen LogP contribution is -1.89. The molecule has 0 bridgehead atoms. The summed E-state index contributed by atoms with van der Waals surface area (Å²) in [7, 11) is 0. The number of hydrogen-bond donors (Lipinski definition) is 1. The molecule has 76 valence electrons. The summed E-state index contributed by atoms with van der Waals surface area (Å²) >= 11 is 5.50. The fourth-order valence-electron chi connectivity index (χ4n) is 1.10. The highest BCUT2D eigenvalue weighted by Crippen LogP contribution is 2.12. The Bertz CT molecular complexity index is 323. The number of alkyl halides is 1. The van der Waals surface area contributed by atoms with Gasteiger partial charge in [-0.2, -0.15) is 0 Å². The van der Waals surface area contributed by atoms with Crippen molar-refractivity contribution in [2.75, 3.05) is 5.88 Å². The molecule has 0 amide bonds. The summed E-state index contributed by atoms with van der Waals surface area (Å²) in [5, 5.41) is 8.83. The van der Waals surface area contributed by atoms with Crippen LogP contribution < -0.4 is 0 Å². The van der Waals surface area contributed by atoms with Gasteiger partial charge in [0.2, 0.25) is 0 Å². The minimum Gasteiger partial charge on any atom is -0.392 e. The first-order valence-electron chi connectivity index (χ1n) is 4.39. The van der Waals surface area contributed by atoms with E-state index in [2.05, 4.69) is 0 Å². The van der Waals surface area contributed by atoms with E-state index in [0.717, 1.165) is 12.0 Å². The highest BCUT2D eigenvalue weighted by molar-refractivity contribution is 6.17. The zero-order chi connectivity index (χ0) is 10.4. The number of aliphatic hydroxyl groups excluding tert-OH is 1. The van der Waals surface area contributed by atoms with Crippen molar-refractivity contribution >= 4 is 17.7 Å². The summed E-state index contributed by atoms with van der Waals surface area (Å²) in [4.78, 5) is 0. The van der Waals surface area contributed by atoms with Crippen molar-refractivity contribution in [1.29, 1.82) is 0 Å². The van der Waals surface area contributed by atoms with Gasteiger partial charge in [-0.3, -0.25) is 0 Å². The van der Waals surface area contributed by atoms with Gasteiger partial charge in [-0.25, -0.2) is 4.39 Å². The lowest BCUT2D eigenvalue weighted by Gasteiger charge is -2.00. The Morgan fingerprint density at radius 1 is 1.43 bits per heavy atom. The van der Waals surface area contributed by atoms with Crippen LogP contribution in [-0.2, 0) is 6.61 Å². The molecule has 0 aliphatic carbocycles. The third-order valence-corrected chi connectivity index (χ3v) is 2.04. The molecule has 0 aliphatic rings. The Morgan fingerprint density at radius 2 is 2.21 bits per heavy atom. The normalized spacial score (nSPS) is 11.1. The molecule has 0 heterocycles. The van der Waals surface area contributed by atoms with Crippen LogP contribution in [0.15, 0.2) is 24.3 Å². The van der Waals surface area contributed by atoms with Gasteiger partial charge in [0.25, 0.3) is 0 Å². The van der Waals surface area contributed by atoms with Crippen LogP contribution in [-0.4, -0.2) is 11.0 Å². The van der Waals surface area contributed by atoms with Gasteiger partial charge in [-0.15, -0.1) is 11.6 Å². The van der Waals surface area contributed by atoms with Crippen molar-refractivity contribution < 1.29 is 9.50 Å². The maximum Gasteiger partial charge on any atom is 0.128 e. The van der Waals surface area contributed by atoms with Crippen LogP contribution in [0.1, 0.15) is 17.5 Å². The largest absolute Gasteiger partial charge is 0.392 e. The molecule has 0 atom stereocenters. The molecule has 0 saturated carbocycles. The molecular weight excluding hydrogens is 203 g/mol. The van der Waals surface area contributed by atoms with Crippen molar-refractivity contribution in [3.8, 4) is 0 Å². The maximum absolute atomic E-state index is 13.0. The lowest BCUT2D eigenvalue weighted by molar-refractivity contribution is 0.275. The first-order valence-corrected chi connectivity index (χ1v) is 4.93. The van der Waals surface area contributed by atoms with Gasteiger partial charge < -0.3 is 5.11 Å². The minimum atomic E-state index is -0.373. The second-order valence-corrected chi connectivity index (χ2v) is 3.27. The second-order valence-electron chi connectivity index (χ2n) is 2.89. The van der Waals surface area contributed by atoms with Crippen LogP contribution in [0.3, 0.4) is 0 Å².